The summed E-state index contributed by atoms with van der Waals surface area (Å²) in [6, 6.07) is 0. The van der Waals surface area contributed by atoms with Gasteiger partial charge in [-0.15, -0.1) is 9.45 Å². The van der Waals surface area contributed by atoms with Gasteiger partial charge in [-0.1, -0.05) is 11.2 Å². The fourth-order valence-electron chi connectivity index (χ4n) is 0.0782. The van der Waals surface area contributed by atoms with Crippen molar-refractivity contribution in [2.24, 2.45) is 0 Å². The molecule has 0 saturated heterocycles. The van der Waals surface area contributed by atoms with E-state index in [2.05, 4.69) is 0 Å². The summed E-state index contributed by atoms with van der Waals surface area (Å²) in [5.41, 5.74) is 0. The Hall–Kier alpha value is 0.240. The summed E-state index contributed by atoms with van der Waals surface area (Å²) < 4.78 is 0. The van der Waals surface area contributed by atoms with Crippen LogP contribution in [-0.2, 0) is 25.4 Å². The zero-order valence-electron chi connectivity index (χ0n) is 4.38. The highest BCUT2D eigenvalue weighted by molar-refractivity contribution is 8.29. The molecule has 1 unspecified atom stereocenters. The highest BCUT2D eigenvalue weighted by Gasteiger charge is 1.95. The maximum atomic E-state index is 9.89. The van der Waals surface area contributed by atoms with Crippen LogP contribution in [0.5, 0.6) is 0 Å². The van der Waals surface area contributed by atoms with Crippen LogP contribution in [-0.4, -0.2) is 17.8 Å². The lowest BCUT2D eigenvalue weighted by Crippen LogP contribution is -2.07. The molecule has 42 valence electrons. The molecule has 3 heteroatoms. The van der Waals surface area contributed by atoms with Gasteiger partial charge in [-0.3, -0.25) is 0 Å². The van der Waals surface area contributed by atoms with Gasteiger partial charge in [-0.05, 0) is 13.2 Å². The number of hydrogen-bond acceptors (Lipinski definition) is 2. The maximum absolute atomic E-state index is 9.89. The fraction of sp³-hybridized carbons (Fsp3) is 0.750. The molecule has 7 heavy (non-hydrogen) atoms. The minimum Gasteiger partial charge on any atom is -0.302 e. The minimum absolute atomic E-state index is 0.0648. The summed E-state index contributed by atoms with van der Waals surface area (Å²) >= 11 is 4.80. The van der Waals surface area contributed by atoms with Gasteiger partial charge in [0, 0.05) is 0 Å². The summed E-state index contributed by atoms with van der Waals surface area (Å²) in [6.07, 6.45) is 2.78. The molecule has 0 spiro atoms. The molecule has 0 aromatic rings. The number of aldehydes is 1. The molecule has 0 aromatic heterocycles. The normalized spacial score (nSPS) is 18.0. The Kier molecular flexibility index (Phi) is 3.38. The summed E-state index contributed by atoms with van der Waals surface area (Å²) in [5, 5.41) is 0.0648. The molecule has 0 amide bonds. The van der Waals surface area contributed by atoms with E-state index in [4.69, 9.17) is 11.2 Å². The van der Waals surface area contributed by atoms with E-state index in [1.165, 1.54) is 0 Å². The Balaban J connectivity index is 3.55. The largest absolute Gasteiger partial charge is 0.302 e. The SMILES string of the molecule is C[C@H](C=O)S(C)=S. The van der Waals surface area contributed by atoms with E-state index in [0.29, 0.717) is 0 Å². The maximum Gasteiger partial charge on any atom is 0.132 e. The van der Waals surface area contributed by atoms with Gasteiger partial charge in [0.05, 0.1) is 5.25 Å². The van der Waals surface area contributed by atoms with Crippen molar-refractivity contribution in [3.05, 3.63) is 0 Å². The predicted molar refractivity (Wildman–Crippen MR) is 36.2 cm³/mol. The first kappa shape index (κ1) is 7.24. The van der Waals surface area contributed by atoms with Gasteiger partial charge in [0.15, 0.2) is 0 Å². The van der Waals surface area contributed by atoms with Gasteiger partial charge in [0.1, 0.15) is 6.29 Å². The average Bonchev–Trinajstić information content (AvgIpc) is 1.65. The van der Waals surface area contributed by atoms with Gasteiger partial charge in [-0.2, -0.15) is 0 Å². The second kappa shape index (κ2) is 3.27. The minimum atomic E-state index is -0.145. The first-order valence-corrected chi connectivity index (χ1v) is 4.58. The molecule has 0 N–H and O–H groups in total. The van der Waals surface area contributed by atoms with Crippen LogP contribution in [0.15, 0.2) is 0 Å². The second-order valence-electron chi connectivity index (χ2n) is 1.34. The summed E-state index contributed by atoms with van der Waals surface area (Å²) in [5.74, 6) is 0. The number of carbonyl (C=O) groups excluding carboxylic acids is 1. The topological polar surface area (TPSA) is 17.1 Å². The highest BCUT2D eigenvalue weighted by Crippen LogP contribution is 1.84. The molecule has 0 aliphatic heterocycles. The van der Waals surface area contributed by atoms with Gasteiger partial charge in [0.2, 0.25) is 0 Å². The monoisotopic (exact) mass is 136 g/mol. The van der Waals surface area contributed by atoms with E-state index < -0.39 is 0 Å². The zero-order chi connectivity index (χ0) is 5.86. The van der Waals surface area contributed by atoms with Crippen molar-refractivity contribution in [1.29, 1.82) is 0 Å². The van der Waals surface area contributed by atoms with E-state index in [1.807, 2.05) is 13.2 Å². The summed E-state index contributed by atoms with van der Waals surface area (Å²) in [4.78, 5) is 9.89. The van der Waals surface area contributed by atoms with E-state index in [9.17, 15) is 4.79 Å². The molecule has 0 fully saturated rings. The van der Waals surface area contributed by atoms with Crippen LogP contribution in [0.4, 0.5) is 0 Å². The third-order valence-corrected chi connectivity index (χ3v) is 2.78. The standard InChI is InChI=1S/C4H8OS2/c1-4(3-5)7(2)6/h3-4H,1-2H3/t4-,7?/m1/s1. The van der Waals surface area contributed by atoms with Crippen LogP contribution >= 0.6 is 0 Å². The molecule has 0 bridgehead atoms. The predicted octanol–water partition coefficient (Wildman–Crippen LogP) is 0.284. The van der Waals surface area contributed by atoms with Crippen LogP contribution in [0.25, 0.3) is 0 Å². The molecule has 0 saturated carbocycles. The Morgan fingerprint density at radius 2 is 2.29 bits per heavy atom. The van der Waals surface area contributed by atoms with E-state index in [0.717, 1.165) is 6.29 Å². The van der Waals surface area contributed by atoms with Crippen molar-refractivity contribution in [1.82, 2.24) is 0 Å². The van der Waals surface area contributed by atoms with Gasteiger partial charge < -0.3 is 4.79 Å². The molecule has 0 aliphatic carbocycles. The lowest BCUT2D eigenvalue weighted by Gasteiger charge is -1.96. The van der Waals surface area contributed by atoms with E-state index in [1.54, 1.807) is 0 Å². The molecular formula is C4H8OS2. The lowest BCUT2D eigenvalue weighted by atomic mass is 10.5. The Morgan fingerprint density at radius 1 is 1.86 bits per heavy atom. The molecule has 1 nitrogen and oxygen atoms in total. The molecule has 0 aromatic carbocycles. The van der Waals surface area contributed by atoms with Crippen molar-refractivity contribution >= 4 is 26.9 Å². The lowest BCUT2D eigenvalue weighted by molar-refractivity contribution is -0.107. The molecule has 0 heterocycles. The molecule has 0 rings (SSSR count). The Labute approximate surface area is 50.7 Å². The van der Waals surface area contributed by atoms with Crippen LogP contribution < -0.4 is 0 Å². The van der Waals surface area contributed by atoms with Crippen LogP contribution in [0.1, 0.15) is 6.92 Å². The van der Waals surface area contributed by atoms with Crippen molar-refractivity contribution < 1.29 is 4.79 Å². The zero-order valence-corrected chi connectivity index (χ0v) is 6.01. The van der Waals surface area contributed by atoms with Gasteiger partial charge >= 0.3 is 0 Å². The van der Waals surface area contributed by atoms with Crippen molar-refractivity contribution in [2.75, 3.05) is 6.26 Å². The molecule has 0 radical (unpaired) electrons. The highest BCUT2D eigenvalue weighted by atomic mass is 32.8. The van der Waals surface area contributed by atoms with E-state index in [-0.39, 0.29) is 14.7 Å². The smallest absolute Gasteiger partial charge is 0.132 e. The molecule has 2 atom stereocenters. The first-order valence-electron chi connectivity index (χ1n) is 1.96. The van der Waals surface area contributed by atoms with Gasteiger partial charge in [0.25, 0.3) is 0 Å². The molecule has 0 aliphatic rings. The van der Waals surface area contributed by atoms with Crippen LogP contribution in [0.3, 0.4) is 0 Å². The van der Waals surface area contributed by atoms with Gasteiger partial charge in [-0.25, -0.2) is 0 Å². The number of rotatable bonds is 2. The van der Waals surface area contributed by atoms with Crippen LogP contribution in [0.2, 0.25) is 0 Å². The quantitative estimate of drug-likeness (QED) is 0.507. The third-order valence-electron chi connectivity index (χ3n) is 0.715. The molecular weight excluding hydrogens is 128 g/mol. The number of hydrogen-bond donors (Lipinski definition) is 0. The first-order chi connectivity index (χ1) is 3.18. The summed E-state index contributed by atoms with van der Waals surface area (Å²) in [7, 11) is -0.145. The number of carbonyl (C=O) groups is 1. The van der Waals surface area contributed by atoms with Crippen molar-refractivity contribution in [3.63, 3.8) is 0 Å². The van der Waals surface area contributed by atoms with Crippen molar-refractivity contribution in [2.45, 2.75) is 12.2 Å². The van der Waals surface area contributed by atoms with Crippen molar-refractivity contribution in [3.8, 4) is 0 Å². The Morgan fingerprint density at radius 3 is 2.29 bits per heavy atom. The fourth-order valence-corrected chi connectivity index (χ4v) is 0.371. The second-order valence-corrected chi connectivity index (χ2v) is 4.66. The Bertz CT molecular complexity index is 89.7. The van der Waals surface area contributed by atoms with Crippen LogP contribution in [0, 0.1) is 0 Å². The summed E-state index contributed by atoms with van der Waals surface area (Å²) in [6.45, 7) is 1.84. The third kappa shape index (κ3) is 2.88. The average molecular weight is 136 g/mol. The van der Waals surface area contributed by atoms with E-state index >= 15 is 0 Å².